The van der Waals surface area contributed by atoms with Crippen LogP contribution in [0.4, 0.5) is 0 Å². The van der Waals surface area contributed by atoms with E-state index in [4.69, 9.17) is 0 Å². The largest absolute Gasteiger partial charge is 0.360 e. The molecule has 2 aromatic carbocycles. The van der Waals surface area contributed by atoms with E-state index in [1.807, 2.05) is 0 Å². The average Bonchev–Trinajstić information content (AvgIpc) is 2.75. The first-order valence-electron chi connectivity index (χ1n) is 5.74. The van der Waals surface area contributed by atoms with Gasteiger partial charge in [0.25, 0.3) is 0 Å². The predicted molar refractivity (Wildman–Crippen MR) is 81.3 cm³/mol. The van der Waals surface area contributed by atoms with Crippen molar-refractivity contribution in [3.05, 3.63) is 58.7 Å². The molecule has 1 heterocycles. The Labute approximate surface area is 119 Å². The van der Waals surface area contributed by atoms with E-state index in [1.54, 1.807) is 11.8 Å². The smallest absolute Gasteiger partial charge is 0.0466 e. The summed E-state index contributed by atoms with van der Waals surface area (Å²) in [5.41, 5.74) is 2.49. The molecule has 0 radical (unpaired) electrons. The van der Waals surface area contributed by atoms with Crippen LogP contribution in [0.25, 0.3) is 10.9 Å². The molecular formula is C15H12BrNS. The zero-order chi connectivity index (χ0) is 12.5. The minimum atomic E-state index is 1.11. The summed E-state index contributed by atoms with van der Waals surface area (Å²) in [6.07, 6.45) is 2.08. The summed E-state index contributed by atoms with van der Waals surface area (Å²) in [5.74, 6) is 0. The number of rotatable bonds is 2. The molecule has 1 nitrogen and oxygen atoms in total. The first kappa shape index (κ1) is 11.9. The van der Waals surface area contributed by atoms with Gasteiger partial charge in [0.15, 0.2) is 0 Å². The lowest BCUT2D eigenvalue weighted by molar-refractivity contribution is 1.30. The van der Waals surface area contributed by atoms with Crippen LogP contribution in [0.3, 0.4) is 0 Å². The highest BCUT2D eigenvalue weighted by Crippen LogP contribution is 2.36. The van der Waals surface area contributed by atoms with Gasteiger partial charge in [-0.1, -0.05) is 45.9 Å². The van der Waals surface area contributed by atoms with E-state index in [0.717, 1.165) is 4.47 Å². The van der Waals surface area contributed by atoms with Gasteiger partial charge in [0.1, 0.15) is 0 Å². The maximum atomic E-state index is 3.53. The second kappa shape index (κ2) is 4.82. The molecule has 3 heteroatoms. The number of fused-ring (bicyclic) bond motifs is 1. The van der Waals surface area contributed by atoms with Gasteiger partial charge in [-0.15, -0.1) is 0 Å². The van der Waals surface area contributed by atoms with Crippen molar-refractivity contribution in [2.24, 2.45) is 0 Å². The Balaban J connectivity index is 2.05. The lowest BCUT2D eigenvalue weighted by Gasteiger charge is -2.03. The van der Waals surface area contributed by atoms with Crippen LogP contribution in [0.2, 0.25) is 0 Å². The first-order chi connectivity index (χ1) is 8.74. The van der Waals surface area contributed by atoms with Crippen LogP contribution in [0, 0.1) is 6.92 Å². The average molecular weight is 318 g/mol. The number of aromatic amines is 1. The maximum absolute atomic E-state index is 3.53. The van der Waals surface area contributed by atoms with Gasteiger partial charge >= 0.3 is 0 Å². The molecule has 0 spiro atoms. The zero-order valence-electron chi connectivity index (χ0n) is 9.91. The predicted octanol–water partition coefficient (Wildman–Crippen LogP) is 5.39. The molecule has 3 rings (SSSR count). The number of H-pyrrole nitrogens is 1. The monoisotopic (exact) mass is 317 g/mol. The third kappa shape index (κ3) is 2.20. The van der Waals surface area contributed by atoms with Crippen LogP contribution in [0.5, 0.6) is 0 Å². The molecule has 0 saturated carbocycles. The molecule has 1 N–H and O–H groups in total. The Morgan fingerprint density at radius 2 is 1.89 bits per heavy atom. The number of benzene rings is 2. The minimum Gasteiger partial charge on any atom is -0.360 e. The van der Waals surface area contributed by atoms with E-state index in [9.17, 15) is 0 Å². The summed E-state index contributed by atoms with van der Waals surface area (Å²) in [4.78, 5) is 5.88. The van der Waals surface area contributed by atoms with Gasteiger partial charge in [0.05, 0.1) is 0 Å². The molecule has 0 aliphatic carbocycles. The van der Waals surface area contributed by atoms with Crippen LogP contribution in [-0.4, -0.2) is 4.98 Å². The van der Waals surface area contributed by atoms with Gasteiger partial charge in [0, 0.05) is 31.4 Å². The first-order valence-corrected chi connectivity index (χ1v) is 7.35. The zero-order valence-corrected chi connectivity index (χ0v) is 12.3. The van der Waals surface area contributed by atoms with E-state index in [0.29, 0.717) is 0 Å². The summed E-state index contributed by atoms with van der Waals surface area (Å²) in [5, 5.41) is 1.26. The molecule has 0 fully saturated rings. The summed E-state index contributed by atoms with van der Waals surface area (Å²) < 4.78 is 1.11. The van der Waals surface area contributed by atoms with Crippen molar-refractivity contribution >= 4 is 38.6 Å². The van der Waals surface area contributed by atoms with Crippen LogP contribution in [0.1, 0.15) is 5.56 Å². The highest BCUT2D eigenvalue weighted by molar-refractivity contribution is 9.10. The van der Waals surface area contributed by atoms with Gasteiger partial charge in [-0.2, -0.15) is 0 Å². The maximum Gasteiger partial charge on any atom is 0.0466 e. The quantitative estimate of drug-likeness (QED) is 0.670. The fraction of sp³-hybridized carbons (Fsp3) is 0.0667. The molecule has 0 bridgehead atoms. The van der Waals surface area contributed by atoms with Gasteiger partial charge in [0.2, 0.25) is 0 Å². The Kier molecular flexibility index (Phi) is 3.18. The van der Waals surface area contributed by atoms with Crippen molar-refractivity contribution in [3.8, 4) is 0 Å². The topological polar surface area (TPSA) is 15.8 Å². The fourth-order valence-electron chi connectivity index (χ4n) is 1.94. The lowest BCUT2D eigenvalue weighted by atomic mass is 10.2. The summed E-state index contributed by atoms with van der Waals surface area (Å²) in [7, 11) is 0. The number of halogens is 1. The van der Waals surface area contributed by atoms with Crippen LogP contribution < -0.4 is 0 Å². The molecule has 0 saturated heterocycles. The molecule has 1 aromatic heterocycles. The normalized spacial score (nSPS) is 11.0. The molecule has 0 unspecified atom stereocenters. The number of aryl methyl sites for hydroxylation is 1. The lowest BCUT2D eigenvalue weighted by Crippen LogP contribution is -1.77. The number of hydrogen-bond acceptors (Lipinski definition) is 1. The molecule has 18 heavy (non-hydrogen) atoms. The second-order valence-corrected chi connectivity index (χ2v) is 6.21. The Morgan fingerprint density at radius 3 is 2.72 bits per heavy atom. The molecule has 90 valence electrons. The Hall–Kier alpha value is -1.19. The van der Waals surface area contributed by atoms with E-state index in [1.165, 1.54) is 26.3 Å². The number of aromatic nitrogens is 1. The van der Waals surface area contributed by atoms with Crippen molar-refractivity contribution in [1.29, 1.82) is 0 Å². The molecule has 0 atom stereocenters. The minimum absolute atomic E-state index is 1.11. The van der Waals surface area contributed by atoms with Crippen LogP contribution >= 0.6 is 27.7 Å². The van der Waals surface area contributed by atoms with Gasteiger partial charge < -0.3 is 4.98 Å². The third-order valence-corrected chi connectivity index (χ3v) is 4.65. The van der Waals surface area contributed by atoms with E-state index >= 15 is 0 Å². The van der Waals surface area contributed by atoms with Gasteiger partial charge in [-0.05, 0) is 36.8 Å². The highest BCUT2D eigenvalue weighted by Gasteiger charge is 2.07. The number of hydrogen-bond donors (Lipinski definition) is 1. The van der Waals surface area contributed by atoms with E-state index in [-0.39, 0.29) is 0 Å². The molecule has 0 aliphatic rings. The molecular weight excluding hydrogens is 306 g/mol. The third-order valence-electron chi connectivity index (χ3n) is 2.92. The van der Waals surface area contributed by atoms with Crippen LogP contribution in [0.15, 0.2) is 62.9 Å². The van der Waals surface area contributed by atoms with Crippen LogP contribution in [-0.2, 0) is 0 Å². The van der Waals surface area contributed by atoms with Crippen molar-refractivity contribution < 1.29 is 0 Å². The molecule has 0 amide bonds. The van der Waals surface area contributed by atoms with Crippen molar-refractivity contribution in [3.63, 3.8) is 0 Å². The van der Waals surface area contributed by atoms with Gasteiger partial charge in [-0.25, -0.2) is 0 Å². The highest BCUT2D eigenvalue weighted by atomic mass is 79.9. The van der Waals surface area contributed by atoms with Gasteiger partial charge in [-0.3, -0.25) is 0 Å². The molecule has 3 aromatic rings. The standard InChI is InChI=1S/C15H12BrNS/c1-10-4-2-3-5-14(10)18-15-9-17-13-7-6-11(16)8-12(13)15/h2-9,17H,1H3. The fourth-order valence-corrected chi connectivity index (χ4v) is 3.31. The summed E-state index contributed by atoms with van der Waals surface area (Å²) in [6.45, 7) is 2.15. The summed E-state index contributed by atoms with van der Waals surface area (Å²) in [6, 6.07) is 14.8. The Bertz CT molecular complexity index is 703. The summed E-state index contributed by atoms with van der Waals surface area (Å²) >= 11 is 5.34. The molecule has 0 aliphatic heterocycles. The Morgan fingerprint density at radius 1 is 1.06 bits per heavy atom. The van der Waals surface area contributed by atoms with Crippen molar-refractivity contribution in [2.75, 3.05) is 0 Å². The SMILES string of the molecule is Cc1ccccc1Sc1c[nH]c2ccc(Br)cc12. The van der Waals surface area contributed by atoms with E-state index < -0.39 is 0 Å². The number of nitrogens with one attached hydrogen (secondary N) is 1. The van der Waals surface area contributed by atoms with E-state index in [2.05, 4.69) is 76.5 Å². The van der Waals surface area contributed by atoms with Crippen molar-refractivity contribution in [1.82, 2.24) is 4.98 Å². The second-order valence-electron chi connectivity index (χ2n) is 4.21. The van der Waals surface area contributed by atoms with Crippen molar-refractivity contribution in [2.45, 2.75) is 16.7 Å².